The summed E-state index contributed by atoms with van der Waals surface area (Å²) in [6, 6.07) is 3.61. The highest BCUT2D eigenvalue weighted by Gasteiger charge is 2.17. The molecule has 0 amide bonds. The molecule has 1 aliphatic rings. The molecule has 1 aliphatic heterocycles. The third-order valence-corrected chi connectivity index (χ3v) is 3.18. The van der Waals surface area contributed by atoms with Gasteiger partial charge in [0.2, 0.25) is 0 Å². The van der Waals surface area contributed by atoms with Gasteiger partial charge in [-0.15, -0.1) is 0 Å². The highest BCUT2D eigenvalue weighted by Crippen LogP contribution is 2.28. The minimum Gasteiger partial charge on any atom is -0.372 e. The largest absolute Gasteiger partial charge is 0.372 e. The van der Waals surface area contributed by atoms with Gasteiger partial charge in [-0.1, -0.05) is 11.6 Å². The van der Waals surface area contributed by atoms with Crippen molar-refractivity contribution >= 4 is 28.9 Å². The standard InChI is InChI=1S/C11H9ClN2O2/c12-10-7(5-15)1-2-8-11(10)13-9-6-16-4-3-14(8)9/h1-2,5H,3-4,6H2. The fraction of sp³-hybridized carbons (Fsp3) is 0.273. The number of nitrogens with zero attached hydrogens (tertiary/aromatic N) is 2. The second kappa shape index (κ2) is 3.57. The van der Waals surface area contributed by atoms with Crippen LogP contribution in [0.15, 0.2) is 12.1 Å². The Balaban J connectivity index is 2.33. The molecule has 0 atom stereocenters. The topological polar surface area (TPSA) is 44.1 Å². The molecule has 0 bridgehead atoms. The molecule has 1 aromatic carbocycles. The normalized spacial score (nSPS) is 15.1. The van der Waals surface area contributed by atoms with E-state index in [1.54, 1.807) is 6.07 Å². The van der Waals surface area contributed by atoms with Gasteiger partial charge in [0.05, 0.1) is 17.1 Å². The van der Waals surface area contributed by atoms with Crippen LogP contribution < -0.4 is 0 Å². The summed E-state index contributed by atoms with van der Waals surface area (Å²) in [5.74, 6) is 0.867. The van der Waals surface area contributed by atoms with Gasteiger partial charge in [-0.25, -0.2) is 4.98 Å². The minimum atomic E-state index is 0.425. The van der Waals surface area contributed by atoms with Gasteiger partial charge in [0.25, 0.3) is 0 Å². The van der Waals surface area contributed by atoms with E-state index in [1.165, 1.54) is 0 Å². The zero-order valence-electron chi connectivity index (χ0n) is 8.44. The Kier molecular flexibility index (Phi) is 2.19. The van der Waals surface area contributed by atoms with Crippen LogP contribution in [0, 0.1) is 0 Å². The van der Waals surface area contributed by atoms with Crippen LogP contribution in [0.25, 0.3) is 11.0 Å². The van der Waals surface area contributed by atoms with E-state index in [0.717, 1.165) is 24.2 Å². The molecule has 4 nitrogen and oxygen atoms in total. The molecule has 2 heterocycles. The number of halogens is 1. The Labute approximate surface area is 96.8 Å². The Morgan fingerprint density at radius 2 is 2.38 bits per heavy atom. The number of rotatable bonds is 1. The summed E-state index contributed by atoms with van der Waals surface area (Å²) < 4.78 is 7.41. The highest BCUT2D eigenvalue weighted by molar-refractivity contribution is 6.37. The summed E-state index contributed by atoms with van der Waals surface area (Å²) in [6.45, 7) is 1.97. The summed E-state index contributed by atoms with van der Waals surface area (Å²) in [5, 5.41) is 0.425. The van der Waals surface area contributed by atoms with Crippen molar-refractivity contribution in [2.24, 2.45) is 0 Å². The minimum absolute atomic E-state index is 0.425. The van der Waals surface area contributed by atoms with E-state index < -0.39 is 0 Å². The smallest absolute Gasteiger partial charge is 0.151 e. The second-order valence-electron chi connectivity index (χ2n) is 3.69. The fourth-order valence-electron chi connectivity index (χ4n) is 1.99. The molecule has 0 unspecified atom stereocenters. The summed E-state index contributed by atoms with van der Waals surface area (Å²) in [7, 11) is 0. The maximum atomic E-state index is 10.8. The van der Waals surface area contributed by atoms with Gasteiger partial charge in [-0.05, 0) is 12.1 Å². The van der Waals surface area contributed by atoms with Crippen molar-refractivity contribution < 1.29 is 9.53 Å². The lowest BCUT2D eigenvalue weighted by molar-refractivity contribution is 0.0830. The molecule has 3 rings (SSSR count). The van der Waals surface area contributed by atoms with E-state index in [-0.39, 0.29) is 0 Å². The van der Waals surface area contributed by atoms with Gasteiger partial charge >= 0.3 is 0 Å². The SMILES string of the molecule is O=Cc1ccc2c(nc3n2CCOC3)c1Cl. The van der Waals surface area contributed by atoms with Crippen LogP contribution in [-0.4, -0.2) is 22.4 Å². The molecule has 0 radical (unpaired) electrons. The molecular weight excluding hydrogens is 228 g/mol. The third-order valence-electron chi connectivity index (χ3n) is 2.79. The molecule has 0 spiro atoms. The number of hydrogen-bond donors (Lipinski definition) is 0. The fourth-order valence-corrected chi connectivity index (χ4v) is 2.24. The van der Waals surface area contributed by atoms with Gasteiger partial charge in [0.1, 0.15) is 17.9 Å². The molecule has 82 valence electrons. The number of imidazole rings is 1. The predicted octanol–water partition coefficient (Wildman–Crippen LogP) is 2.03. The molecule has 0 saturated carbocycles. The number of benzene rings is 1. The summed E-state index contributed by atoms with van der Waals surface area (Å²) in [4.78, 5) is 15.2. The molecular formula is C11H9ClN2O2. The number of carbonyl (C=O) groups is 1. The van der Waals surface area contributed by atoms with E-state index >= 15 is 0 Å². The van der Waals surface area contributed by atoms with E-state index in [1.807, 2.05) is 6.07 Å². The van der Waals surface area contributed by atoms with Crippen molar-refractivity contribution in [1.29, 1.82) is 0 Å². The molecule has 5 heteroatoms. The average molecular weight is 237 g/mol. The summed E-state index contributed by atoms with van der Waals surface area (Å²) >= 11 is 6.11. The Hall–Kier alpha value is -1.39. The van der Waals surface area contributed by atoms with E-state index in [2.05, 4.69) is 9.55 Å². The Morgan fingerprint density at radius 1 is 1.50 bits per heavy atom. The van der Waals surface area contributed by atoms with Crippen LogP contribution in [0.3, 0.4) is 0 Å². The molecule has 2 aromatic rings. The zero-order chi connectivity index (χ0) is 11.1. The van der Waals surface area contributed by atoms with Crippen molar-refractivity contribution in [2.45, 2.75) is 13.2 Å². The number of carbonyl (C=O) groups excluding carboxylic acids is 1. The maximum absolute atomic E-state index is 10.8. The van der Waals surface area contributed by atoms with Gasteiger partial charge in [0.15, 0.2) is 6.29 Å². The predicted molar refractivity (Wildman–Crippen MR) is 59.8 cm³/mol. The number of aldehydes is 1. The van der Waals surface area contributed by atoms with Crippen LogP contribution in [0.2, 0.25) is 5.02 Å². The first-order valence-electron chi connectivity index (χ1n) is 5.02. The lowest BCUT2D eigenvalue weighted by atomic mass is 10.2. The van der Waals surface area contributed by atoms with Gasteiger partial charge in [-0.3, -0.25) is 4.79 Å². The van der Waals surface area contributed by atoms with Crippen LogP contribution in [0.5, 0.6) is 0 Å². The van der Waals surface area contributed by atoms with Crippen molar-refractivity contribution in [1.82, 2.24) is 9.55 Å². The number of hydrogen-bond acceptors (Lipinski definition) is 3. The number of aromatic nitrogens is 2. The first kappa shape index (κ1) is 9.81. The van der Waals surface area contributed by atoms with Gasteiger partial charge < -0.3 is 9.30 Å². The maximum Gasteiger partial charge on any atom is 0.151 e. The van der Waals surface area contributed by atoms with E-state index in [4.69, 9.17) is 16.3 Å². The van der Waals surface area contributed by atoms with Crippen LogP contribution in [0.4, 0.5) is 0 Å². The molecule has 0 saturated heterocycles. The summed E-state index contributed by atoms with van der Waals surface area (Å²) in [5.41, 5.74) is 2.13. The zero-order valence-corrected chi connectivity index (χ0v) is 9.20. The van der Waals surface area contributed by atoms with Crippen molar-refractivity contribution in [3.8, 4) is 0 Å². The van der Waals surface area contributed by atoms with Gasteiger partial charge in [0, 0.05) is 12.1 Å². The van der Waals surface area contributed by atoms with Crippen molar-refractivity contribution in [2.75, 3.05) is 6.61 Å². The Morgan fingerprint density at radius 3 is 3.19 bits per heavy atom. The van der Waals surface area contributed by atoms with Gasteiger partial charge in [-0.2, -0.15) is 0 Å². The monoisotopic (exact) mass is 236 g/mol. The molecule has 16 heavy (non-hydrogen) atoms. The molecule has 0 fully saturated rings. The van der Waals surface area contributed by atoms with Crippen molar-refractivity contribution in [3.05, 3.63) is 28.5 Å². The van der Waals surface area contributed by atoms with E-state index in [0.29, 0.717) is 29.3 Å². The quantitative estimate of drug-likeness (QED) is 0.712. The second-order valence-corrected chi connectivity index (χ2v) is 4.06. The molecule has 0 N–H and O–H groups in total. The Bertz CT molecular complexity index is 577. The summed E-state index contributed by atoms with van der Waals surface area (Å²) in [6.07, 6.45) is 0.747. The third kappa shape index (κ3) is 1.27. The lowest BCUT2D eigenvalue weighted by Crippen LogP contribution is -2.16. The van der Waals surface area contributed by atoms with Crippen molar-refractivity contribution in [3.63, 3.8) is 0 Å². The lowest BCUT2D eigenvalue weighted by Gasteiger charge is -2.14. The van der Waals surface area contributed by atoms with Crippen LogP contribution in [0.1, 0.15) is 16.2 Å². The molecule has 0 aliphatic carbocycles. The number of fused-ring (bicyclic) bond motifs is 3. The highest BCUT2D eigenvalue weighted by atomic mass is 35.5. The van der Waals surface area contributed by atoms with Crippen LogP contribution >= 0.6 is 11.6 Å². The first-order valence-corrected chi connectivity index (χ1v) is 5.39. The molecule has 1 aromatic heterocycles. The number of ether oxygens (including phenoxy) is 1. The first-order chi connectivity index (χ1) is 7.81. The van der Waals surface area contributed by atoms with Crippen LogP contribution in [-0.2, 0) is 17.9 Å². The average Bonchev–Trinajstić information content (AvgIpc) is 2.69. The van der Waals surface area contributed by atoms with E-state index in [9.17, 15) is 4.79 Å².